The van der Waals surface area contributed by atoms with Crippen molar-refractivity contribution in [3.8, 4) is 0 Å². The van der Waals surface area contributed by atoms with Crippen LogP contribution >= 0.6 is 28.5 Å². The molecule has 0 bridgehead atoms. The summed E-state index contributed by atoms with van der Waals surface area (Å²) in [6.07, 6.45) is 17.3. The molecule has 0 fully saturated rings. The van der Waals surface area contributed by atoms with E-state index in [0.29, 0.717) is 0 Å². The summed E-state index contributed by atoms with van der Waals surface area (Å²) in [6, 6.07) is 0. The Hall–Kier alpha value is 0.780. The van der Waals surface area contributed by atoms with Gasteiger partial charge in [0.25, 0.3) is 0 Å². The summed E-state index contributed by atoms with van der Waals surface area (Å²) in [5.74, 6) is 5.16. The fraction of sp³-hybridized carbons (Fsp3) is 1.00. The molecular weight excluding hydrogens is 498 g/mol. The lowest BCUT2D eigenvalue weighted by Gasteiger charge is -2.44. The highest BCUT2D eigenvalue weighted by Crippen LogP contribution is 2.73. The molecule has 0 aliphatic carbocycles. The van der Waals surface area contributed by atoms with Crippen LogP contribution in [0.15, 0.2) is 0 Å². The minimum absolute atomic E-state index is 0.857. The SMILES string of the molecule is CCCCCCS(CCCC)(CCCC)OP(=O)(F)OS(CCCC)(CCCC)CCCCCC. The van der Waals surface area contributed by atoms with E-state index in [2.05, 4.69) is 41.5 Å². The Kier molecular flexibility index (Phi) is 22.2. The van der Waals surface area contributed by atoms with E-state index >= 15 is 4.20 Å². The van der Waals surface area contributed by atoms with Crippen molar-refractivity contribution in [3.05, 3.63) is 0 Å². The summed E-state index contributed by atoms with van der Waals surface area (Å²) in [6.45, 7) is 13.1. The smallest absolute Gasteiger partial charge is 0.233 e. The van der Waals surface area contributed by atoms with Crippen LogP contribution in [0.5, 0.6) is 0 Å². The van der Waals surface area contributed by atoms with E-state index < -0.39 is 28.5 Å². The summed E-state index contributed by atoms with van der Waals surface area (Å²) in [5, 5.41) is 0. The van der Waals surface area contributed by atoms with Crippen LogP contribution in [0, 0.1) is 0 Å². The van der Waals surface area contributed by atoms with Crippen molar-refractivity contribution >= 4 is 28.5 Å². The second kappa shape index (κ2) is 21.7. The molecule has 0 aromatic rings. The van der Waals surface area contributed by atoms with Crippen molar-refractivity contribution in [3.63, 3.8) is 0 Å². The minimum atomic E-state index is -4.63. The lowest BCUT2D eigenvalue weighted by Crippen LogP contribution is -2.20. The third-order valence-corrected chi connectivity index (χ3v) is 16.9. The Morgan fingerprint density at radius 2 is 0.714 bits per heavy atom. The van der Waals surface area contributed by atoms with Crippen molar-refractivity contribution in [2.75, 3.05) is 34.5 Å². The zero-order chi connectivity index (χ0) is 26.5. The second-order valence-corrected chi connectivity index (χ2v) is 18.6. The van der Waals surface area contributed by atoms with Crippen molar-refractivity contribution in [2.24, 2.45) is 0 Å². The predicted octanol–water partition coefficient (Wildman–Crippen LogP) is 11.9. The van der Waals surface area contributed by atoms with Gasteiger partial charge in [-0.2, -0.15) is 0 Å². The molecule has 216 valence electrons. The monoisotopic (exact) mass is 560 g/mol. The Morgan fingerprint density at radius 3 is 0.971 bits per heavy atom. The first kappa shape index (κ1) is 35.8. The second-order valence-electron chi connectivity index (χ2n) is 10.3. The number of halogens is 1. The van der Waals surface area contributed by atoms with Crippen LogP contribution in [-0.4, -0.2) is 34.5 Å². The molecule has 0 aromatic heterocycles. The average Bonchev–Trinajstić information content (AvgIpc) is 2.83. The maximum Gasteiger partial charge on any atom is 0.532 e. The van der Waals surface area contributed by atoms with Gasteiger partial charge in [0, 0.05) is 0 Å². The quantitative estimate of drug-likeness (QED) is 0.0779. The van der Waals surface area contributed by atoms with Crippen LogP contribution in [0.4, 0.5) is 4.20 Å². The molecule has 0 saturated carbocycles. The predicted molar refractivity (Wildman–Crippen MR) is 163 cm³/mol. The van der Waals surface area contributed by atoms with Crippen LogP contribution in [0.2, 0.25) is 0 Å². The molecule has 0 saturated heterocycles. The molecule has 0 aromatic carbocycles. The topological polar surface area (TPSA) is 35.5 Å². The minimum Gasteiger partial charge on any atom is -0.233 e. The van der Waals surface area contributed by atoms with Gasteiger partial charge in [0.15, 0.2) is 0 Å². The summed E-state index contributed by atoms with van der Waals surface area (Å²) < 4.78 is 42.1. The fourth-order valence-corrected chi connectivity index (χ4v) is 15.5. The van der Waals surface area contributed by atoms with Crippen molar-refractivity contribution in [2.45, 2.75) is 144 Å². The third-order valence-electron chi connectivity index (χ3n) is 6.71. The fourth-order valence-electron chi connectivity index (χ4n) is 4.44. The summed E-state index contributed by atoms with van der Waals surface area (Å²) in [4.78, 5) is 0. The number of hydrogen-bond acceptors (Lipinski definition) is 3. The normalized spacial score (nSPS) is 13.9. The molecule has 0 spiro atoms. The van der Waals surface area contributed by atoms with E-state index in [0.717, 1.165) is 112 Å². The van der Waals surface area contributed by atoms with E-state index in [4.69, 9.17) is 7.94 Å². The van der Waals surface area contributed by atoms with Crippen LogP contribution in [-0.2, 0) is 12.5 Å². The lowest BCUT2D eigenvalue weighted by atomic mass is 10.2. The molecule has 0 amide bonds. The van der Waals surface area contributed by atoms with Crippen molar-refractivity contribution in [1.82, 2.24) is 0 Å². The molecule has 0 atom stereocenters. The lowest BCUT2D eigenvalue weighted by molar-refractivity contribution is 0.363. The van der Waals surface area contributed by atoms with Crippen LogP contribution < -0.4 is 0 Å². The van der Waals surface area contributed by atoms with Gasteiger partial charge >= 0.3 is 7.91 Å². The highest BCUT2D eigenvalue weighted by molar-refractivity contribution is 8.33. The standard InChI is InChI=1S/C28H62FO3PS2/c1-7-13-19-21-27-34(23-15-9-3,24-16-10-4)31-33(29,30)32-35(25-17-11-5,26-18-12-6)28-22-20-14-8-2/h7-28H2,1-6H3. The van der Waals surface area contributed by atoms with E-state index in [9.17, 15) is 4.57 Å². The molecule has 0 unspecified atom stereocenters. The zero-order valence-corrected chi connectivity index (χ0v) is 27.0. The summed E-state index contributed by atoms with van der Waals surface area (Å²) in [5.41, 5.74) is 0. The first-order valence-corrected chi connectivity index (χ1v) is 20.6. The van der Waals surface area contributed by atoms with Gasteiger partial charge in [0.1, 0.15) is 0 Å². The van der Waals surface area contributed by atoms with Crippen LogP contribution in [0.25, 0.3) is 0 Å². The first-order valence-electron chi connectivity index (χ1n) is 15.0. The molecule has 7 heteroatoms. The summed E-state index contributed by atoms with van der Waals surface area (Å²) >= 11 is 0. The molecule has 0 aliphatic heterocycles. The molecule has 0 aliphatic rings. The van der Waals surface area contributed by atoms with Crippen LogP contribution in [0.1, 0.15) is 144 Å². The van der Waals surface area contributed by atoms with Crippen molar-refractivity contribution in [1.29, 1.82) is 0 Å². The molecule has 3 nitrogen and oxygen atoms in total. The van der Waals surface area contributed by atoms with Gasteiger partial charge in [0.2, 0.25) is 0 Å². The van der Waals surface area contributed by atoms with E-state index in [1.807, 2.05) is 0 Å². The van der Waals surface area contributed by atoms with Crippen LogP contribution in [0.3, 0.4) is 0 Å². The van der Waals surface area contributed by atoms with E-state index in [1.54, 1.807) is 0 Å². The van der Waals surface area contributed by atoms with E-state index in [-0.39, 0.29) is 0 Å². The number of unbranched alkanes of at least 4 members (excludes halogenated alkanes) is 10. The molecular formula is C28H62FO3PS2. The third kappa shape index (κ3) is 17.1. The van der Waals surface area contributed by atoms with Gasteiger partial charge in [-0.1, -0.05) is 106 Å². The van der Waals surface area contributed by atoms with E-state index in [1.165, 1.54) is 25.7 Å². The number of rotatable bonds is 26. The highest BCUT2D eigenvalue weighted by Gasteiger charge is 2.41. The van der Waals surface area contributed by atoms with Gasteiger partial charge in [-0.25, -0.2) is 12.5 Å². The number of hydrogen-bond donors (Lipinski definition) is 0. The Morgan fingerprint density at radius 1 is 0.457 bits per heavy atom. The Bertz CT molecular complexity index is 478. The largest absolute Gasteiger partial charge is 0.532 e. The zero-order valence-electron chi connectivity index (χ0n) is 24.4. The molecule has 0 rings (SSSR count). The van der Waals surface area contributed by atoms with Gasteiger partial charge in [-0.3, -0.25) is 0 Å². The van der Waals surface area contributed by atoms with Gasteiger partial charge in [-0.05, 0) is 73.0 Å². The molecule has 0 N–H and O–H groups in total. The maximum absolute atomic E-state index is 16.1. The average molecular weight is 561 g/mol. The first-order chi connectivity index (χ1) is 16.8. The molecule has 0 heterocycles. The Labute approximate surface area is 223 Å². The summed E-state index contributed by atoms with van der Waals surface area (Å²) in [7, 11) is -8.14. The van der Waals surface area contributed by atoms with Gasteiger partial charge in [0.05, 0.1) is 0 Å². The van der Waals surface area contributed by atoms with Crippen molar-refractivity contribution < 1.29 is 16.7 Å². The van der Waals surface area contributed by atoms with Gasteiger partial charge in [-0.15, -0.1) is 24.8 Å². The molecule has 35 heavy (non-hydrogen) atoms. The Balaban J connectivity index is 5.84. The maximum atomic E-state index is 16.1. The molecule has 0 radical (unpaired) electrons. The highest BCUT2D eigenvalue weighted by atomic mass is 32.3. The van der Waals surface area contributed by atoms with Gasteiger partial charge < -0.3 is 0 Å².